The number of anilines is 1. The van der Waals surface area contributed by atoms with Gasteiger partial charge in [-0.3, -0.25) is 9.59 Å². The number of nitrogens with two attached hydrogens (primary N) is 2. The van der Waals surface area contributed by atoms with Gasteiger partial charge in [0.1, 0.15) is 0 Å². The van der Waals surface area contributed by atoms with Crippen molar-refractivity contribution in [2.24, 2.45) is 11.5 Å². The predicted octanol–water partition coefficient (Wildman–Crippen LogP) is 0.770. The molecule has 2 amide bonds. The molecule has 0 heterocycles. The summed E-state index contributed by atoms with van der Waals surface area (Å²) in [7, 11) is 0. The molecule has 0 aliphatic heterocycles. The number of benzene rings is 1. The van der Waals surface area contributed by atoms with Gasteiger partial charge in [-0.25, -0.2) is 0 Å². The van der Waals surface area contributed by atoms with E-state index in [1.165, 1.54) is 0 Å². The number of aryl methyl sites for hydroxylation is 1. The number of hydrogen-bond donors (Lipinski definition) is 3. The zero-order chi connectivity index (χ0) is 13.0. The van der Waals surface area contributed by atoms with E-state index in [2.05, 4.69) is 5.32 Å². The van der Waals surface area contributed by atoms with Crippen LogP contribution in [-0.4, -0.2) is 17.9 Å². The summed E-state index contributed by atoms with van der Waals surface area (Å²) < 4.78 is 0. The second kappa shape index (κ2) is 5.45. The first-order valence-electron chi connectivity index (χ1n) is 5.42. The maximum Gasteiger partial charge on any atom is 0.248 e. The Bertz CT molecular complexity index is 443. The van der Waals surface area contributed by atoms with Crippen LogP contribution in [0.1, 0.15) is 29.3 Å². The molecule has 92 valence electrons. The predicted molar refractivity (Wildman–Crippen MR) is 66.6 cm³/mol. The van der Waals surface area contributed by atoms with E-state index in [-0.39, 0.29) is 5.91 Å². The van der Waals surface area contributed by atoms with Crippen LogP contribution >= 0.6 is 0 Å². The van der Waals surface area contributed by atoms with Crippen molar-refractivity contribution in [3.05, 3.63) is 29.3 Å². The number of amides is 2. The molecule has 1 atom stereocenters. The van der Waals surface area contributed by atoms with Crippen LogP contribution < -0.4 is 16.8 Å². The van der Waals surface area contributed by atoms with Crippen LogP contribution in [0, 0.1) is 6.92 Å². The summed E-state index contributed by atoms with van der Waals surface area (Å²) in [5.41, 5.74) is 12.6. The Morgan fingerprint density at radius 3 is 2.53 bits per heavy atom. The number of carbonyl (C=O) groups excluding carboxylic acids is 2. The quantitative estimate of drug-likeness (QED) is 0.718. The molecule has 0 fully saturated rings. The molecule has 0 saturated heterocycles. The van der Waals surface area contributed by atoms with Crippen LogP contribution in [0.3, 0.4) is 0 Å². The lowest BCUT2D eigenvalue weighted by Crippen LogP contribution is -2.35. The molecular formula is C12H17N3O2. The smallest absolute Gasteiger partial charge is 0.248 e. The van der Waals surface area contributed by atoms with Gasteiger partial charge in [0.15, 0.2) is 0 Å². The highest BCUT2D eigenvalue weighted by Gasteiger charge is 2.12. The van der Waals surface area contributed by atoms with Gasteiger partial charge in [0.25, 0.3) is 0 Å². The van der Waals surface area contributed by atoms with E-state index in [9.17, 15) is 9.59 Å². The second-order valence-electron chi connectivity index (χ2n) is 3.90. The molecule has 5 nitrogen and oxygen atoms in total. The van der Waals surface area contributed by atoms with Gasteiger partial charge >= 0.3 is 0 Å². The van der Waals surface area contributed by atoms with E-state index in [1.54, 1.807) is 25.1 Å². The highest BCUT2D eigenvalue weighted by atomic mass is 16.2. The minimum atomic E-state index is -0.523. The third-order valence-corrected chi connectivity index (χ3v) is 2.55. The zero-order valence-electron chi connectivity index (χ0n) is 9.99. The van der Waals surface area contributed by atoms with Gasteiger partial charge in [0.05, 0.1) is 6.04 Å². The van der Waals surface area contributed by atoms with Gasteiger partial charge in [-0.1, -0.05) is 6.92 Å². The number of primary amides is 1. The first-order valence-corrected chi connectivity index (χ1v) is 5.42. The molecule has 5 heteroatoms. The first kappa shape index (κ1) is 13.2. The molecule has 17 heavy (non-hydrogen) atoms. The summed E-state index contributed by atoms with van der Waals surface area (Å²) in [6.07, 6.45) is 0.574. The van der Waals surface area contributed by atoms with Crippen molar-refractivity contribution in [2.75, 3.05) is 5.32 Å². The Morgan fingerprint density at radius 1 is 1.41 bits per heavy atom. The standard InChI is InChI=1S/C12H17N3O2/c1-3-9(13)12(17)15-10-5-4-8(11(14)16)6-7(10)2/h4-6,9H,3,13H2,1-2H3,(H2,14,16)(H,15,17)/t9-/m1/s1. The normalized spacial score (nSPS) is 11.9. The van der Waals surface area contributed by atoms with E-state index in [0.717, 1.165) is 5.56 Å². The van der Waals surface area contributed by atoms with Gasteiger partial charge in [-0.15, -0.1) is 0 Å². The molecule has 0 aliphatic carbocycles. The summed E-state index contributed by atoms with van der Waals surface area (Å²) in [4.78, 5) is 22.5. The Labute approximate surface area is 100 Å². The molecular weight excluding hydrogens is 218 g/mol. The molecule has 5 N–H and O–H groups in total. The van der Waals surface area contributed by atoms with Crippen LogP contribution in [0.15, 0.2) is 18.2 Å². The number of hydrogen-bond acceptors (Lipinski definition) is 3. The largest absolute Gasteiger partial charge is 0.366 e. The Kier molecular flexibility index (Phi) is 4.23. The fourth-order valence-corrected chi connectivity index (χ4v) is 1.37. The van der Waals surface area contributed by atoms with Gasteiger partial charge in [-0.2, -0.15) is 0 Å². The van der Waals surface area contributed by atoms with Gasteiger partial charge < -0.3 is 16.8 Å². The van der Waals surface area contributed by atoms with Crippen LogP contribution in [0.25, 0.3) is 0 Å². The van der Waals surface area contributed by atoms with Crippen molar-refractivity contribution in [3.63, 3.8) is 0 Å². The SMILES string of the molecule is CC[C@@H](N)C(=O)Nc1ccc(C(N)=O)cc1C. The average molecular weight is 235 g/mol. The fourth-order valence-electron chi connectivity index (χ4n) is 1.37. The molecule has 0 bridgehead atoms. The molecule has 1 aromatic carbocycles. The molecule has 0 spiro atoms. The van der Waals surface area contributed by atoms with E-state index >= 15 is 0 Å². The molecule has 1 rings (SSSR count). The van der Waals surface area contributed by atoms with Crippen molar-refractivity contribution < 1.29 is 9.59 Å². The molecule has 0 unspecified atom stereocenters. The van der Waals surface area contributed by atoms with Crippen molar-refractivity contribution >= 4 is 17.5 Å². The lowest BCUT2D eigenvalue weighted by atomic mass is 10.1. The Morgan fingerprint density at radius 2 is 2.06 bits per heavy atom. The fraction of sp³-hybridized carbons (Fsp3) is 0.333. The Balaban J connectivity index is 2.86. The highest BCUT2D eigenvalue weighted by Crippen LogP contribution is 2.16. The third-order valence-electron chi connectivity index (χ3n) is 2.55. The monoisotopic (exact) mass is 235 g/mol. The van der Waals surface area contributed by atoms with Crippen LogP contribution in [0.4, 0.5) is 5.69 Å². The average Bonchev–Trinajstić information content (AvgIpc) is 2.30. The second-order valence-corrected chi connectivity index (χ2v) is 3.90. The lowest BCUT2D eigenvalue weighted by Gasteiger charge is -2.12. The summed E-state index contributed by atoms with van der Waals surface area (Å²) in [6, 6.07) is 4.33. The topological polar surface area (TPSA) is 98.2 Å². The van der Waals surface area contributed by atoms with Gasteiger partial charge in [0.2, 0.25) is 11.8 Å². The van der Waals surface area contributed by atoms with Gasteiger partial charge in [0, 0.05) is 11.3 Å². The molecule has 0 saturated carbocycles. The van der Waals surface area contributed by atoms with E-state index < -0.39 is 11.9 Å². The lowest BCUT2D eigenvalue weighted by molar-refractivity contribution is -0.117. The van der Waals surface area contributed by atoms with Crippen molar-refractivity contribution in [1.82, 2.24) is 0 Å². The number of nitrogens with one attached hydrogen (secondary N) is 1. The molecule has 0 aromatic heterocycles. The van der Waals surface area contributed by atoms with E-state index in [0.29, 0.717) is 17.7 Å². The minimum Gasteiger partial charge on any atom is -0.366 e. The van der Waals surface area contributed by atoms with E-state index in [1.807, 2.05) is 6.92 Å². The summed E-state index contributed by atoms with van der Waals surface area (Å²) in [5.74, 6) is -0.723. The molecule has 0 radical (unpaired) electrons. The van der Waals surface area contributed by atoms with E-state index in [4.69, 9.17) is 11.5 Å². The third kappa shape index (κ3) is 3.29. The highest BCUT2D eigenvalue weighted by molar-refractivity contribution is 5.97. The Hall–Kier alpha value is -1.88. The van der Waals surface area contributed by atoms with Crippen molar-refractivity contribution in [3.8, 4) is 0 Å². The van der Waals surface area contributed by atoms with Gasteiger partial charge in [-0.05, 0) is 37.1 Å². The number of rotatable bonds is 4. The minimum absolute atomic E-state index is 0.234. The van der Waals surface area contributed by atoms with Crippen molar-refractivity contribution in [2.45, 2.75) is 26.3 Å². The van der Waals surface area contributed by atoms with Crippen molar-refractivity contribution in [1.29, 1.82) is 0 Å². The molecule has 1 aromatic rings. The number of carbonyl (C=O) groups is 2. The molecule has 0 aliphatic rings. The summed E-state index contributed by atoms with van der Waals surface area (Å²) >= 11 is 0. The van der Waals surface area contributed by atoms with Crippen LogP contribution in [0.2, 0.25) is 0 Å². The van der Waals surface area contributed by atoms with Crippen LogP contribution in [0.5, 0.6) is 0 Å². The maximum absolute atomic E-state index is 11.6. The summed E-state index contributed by atoms with van der Waals surface area (Å²) in [6.45, 7) is 3.63. The zero-order valence-corrected chi connectivity index (χ0v) is 9.99. The first-order chi connectivity index (χ1) is 7.95. The van der Waals surface area contributed by atoms with Crippen LogP contribution in [-0.2, 0) is 4.79 Å². The summed E-state index contributed by atoms with van der Waals surface area (Å²) in [5, 5.41) is 2.71. The maximum atomic E-state index is 11.6.